The van der Waals surface area contributed by atoms with Crippen LogP contribution >= 0.6 is 11.8 Å². The summed E-state index contributed by atoms with van der Waals surface area (Å²) < 4.78 is 29.1. The Labute approximate surface area is 249 Å². The number of aryl methyl sites for hydroxylation is 2. The highest BCUT2D eigenvalue weighted by atomic mass is 32.2. The number of thioether (sulfide) groups is 1. The van der Waals surface area contributed by atoms with Gasteiger partial charge in [0.1, 0.15) is 12.6 Å². The molecule has 1 atom stereocenters. The summed E-state index contributed by atoms with van der Waals surface area (Å²) in [6, 6.07) is 20.7. The van der Waals surface area contributed by atoms with E-state index in [2.05, 4.69) is 5.32 Å². The fraction of sp³-hybridized carbons (Fsp3) is 0.375. The molecule has 3 aromatic rings. The number of rotatable bonds is 14. The number of anilines is 1. The second kappa shape index (κ2) is 15.1. The number of nitrogens with one attached hydrogen (secondary N) is 1. The molecule has 0 saturated heterocycles. The van der Waals surface area contributed by atoms with Crippen LogP contribution in [0.25, 0.3) is 0 Å². The van der Waals surface area contributed by atoms with Crippen molar-refractivity contribution in [2.24, 2.45) is 0 Å². The van der Waals surface area contributed by atoms with Gasteiger partial charge in [-0.15, -0.1) is 11.8 Å². The molecule has 41 heavy (non-hydrogen) atoms. The fourth-order valence-electron chi connectivity index (χ4n) is 4.43. The number of hydrogen-bond donors (Lipinski definition) is 1. The van der Waals surface area contributed by atoms with Gasteiger partial charge in [-0.05, 0) is 74.9 Å². The molecule has 2 amide bonds. The second-order valence-electron chi connectivity index (χ2n) is 10.1. The molecule has 3 aromatic carbocycles. The van der Waals surface area contributed by atoms with Crippen molar-refractivity contribution in [3.63, 3.8) is 0 Å². The summed E-state index contributed by atoms with van der Waals surface area (Å²) in [4.78, 5) is 29.9. The van der Waals surface area contributed by atoms with E-state index >= 15 is 0 Å². The number of carbonyl (C=O) groups is 2. The minimum Gasteiger partial charge on any atom is -0.354 e. The number of unbranched alkanes of at least 4 members (excludes halogenated alkanes) is 1. The molecular weight excluding hydrogens is 555 g/mol. The normalized spacial score (nSPS) is 12.0. The Hall–Kier alpha value is -3.30. The van der Waals surface area contributed by atoms with E-state index in [-0.39, 0.29) is 17.3 Å². The molecule has 7 nitrogen and oxygen atoms in total. The minimum absolute atomic E-state index is 0.0955. The minimum atomic E-state index is -4.09. The van der Waals surface area contributed by atoms with Gasteiger partial charge < -0.3 is 10.2 Å². The van der Waals surface area contributed by atoms with E-state index in [0.717, 1.165) is 38.7 Å². The smallest absolute Gasteiger partial charge is 0.264 e. The lowest BCUT2D eigenvalue weighted by Crippen LogP contribution is -2.52. The van der Waals surface area contributed by atoms with Crippen molar-refractivity contribution < 1.29 is 18.0 Å². The summed E-state index contributed by atoms with van der Waals surface area (Å²) in [5.41, 5.74) is 3.30. The third kappa shape index (κ3) is 8.60. The van der Waals surface area contributed by atoms with Crippen LogP contribution in [-0.4, -0.2) is 50.5 Å². The predicted octanol–water partition coefficient (Wildman–Crippen LogP) is 5.94. The van der Waals surface area contributed by atoms with Gasteiger partial charge in [0.25, 0.3) is 10.0 Å². The van der Waals surface area contributed by atoms with Gasteiger partial charge in [0.15, 0.2) is 0 Å². The molecule has 0 aromatic heterocycles. The van der Waals surface area contributed by atoms with Gasteiger partial charge in [-0.2, -0.15) is 0 Å². The lowest BCUT2D eigenvalue weighted by Gasteiger charge is -2.33. The first kappa shape index (κ1) is 32.2. The van der Waals surface area contributed by atoms with E-state index in [1.165, 1.54) is 16.7 Å². The molecule has 0 radical (unpaired) electrons. The Morgan fingerprint density at radius 1 is 0.878 bits per heavy atom. The summed E-state index contributed by atoms with van der Waals surface area (Å²) in [6.07, 6.45) is 4.09. The summed E-state index contributed by atoms with van der Waals surface area (Å²) in [6.45, 7) is 8.07. The highest BCUT2D eigenvalue weighted by molar-refractivity contribution is 7.98. The van der Waals surface area contributed by atoms with E-state index in [1.54, 1.807) is 36.4 Å². The lowest BCUT2D eigenvalue weighted by molar-refractivity contribution is -0.140. The summed E-state index contributed by atoms with van der Waals surface area (Å²) >= 11 is 1.52. The van der Waals surface area contributed by atoms with Crippen LogP contribution in [0.15, 0.2) is 82.6 Å². The van der Waals surface area contributed by atoms with Gasteiger partial charge in [0.2, 0.25) is 11.8 Å². The van der Waals surface area contributed by atoms with Crippen molar-refractivity contribution in [2.45, 2.75) is 69.3 Å². The molecular formula is C32H41N3O4S2. The number of benzene rings is 3. The molecule has 0 aliphatic rings. The Morgan fingerprint density at radius 2 is 1.46 bits per heavy atom. The molecule has 0 saturated carbocycles. The topological polar surface area (TPSA) is 86.8 Å². The Morgan fingerprint density at radius 3 is 2.00 bits per heavy atom. The molecule has 3 rings (SSSR count). The maximum Gasteiger partial charge on any atom is 0.264 e. The zero-order valence-electron chi connectivity index (χ0n) is 24.6. The zero-order valence-corrected chi connectivity index (χ0v) is 26.2. The van der Waals surface area contributed by atoms with E-state index in [1.807, 2.05) is 70.3 Å². The van der Waals surface area contributed by atoms with Crippen molar-refractivity contribution in [2.75, 3.05) is 23.7 Å². The predicted molar refractivity (Wildman–Crippen MR) is 168 cm³/mol. The van der Waals surface area contributed by atoms with Crippen LogP contribution in [0.4, 0.5) is 5.69 Å². The molecule has 9 heteroatoms. The lowest BCUT2D eigenvalue weighted by atomic mass is 10.1. The highest BCUT2D eigenvalue weighted by Crippen LogP contribution is 2.27. The van der Waals surface area contributed by atoms with Crippen LogP contribution in [-0.2, 0) is 26.2 Å². The first-order valence-corrected chi connectivity index (χ1v) is 16.6. The van der Waals surface area contributed by atoms with E-state index in [9.17, 15) is 18.0 Å². The van der Waals surface area contributed by atoms with Crippen LogP contribution < -0.4 is 9.62 Å². The fourth-order valence-corrected chi connectivity index (χ4v) is 6.25. The third-order valence-electron chi connectivity index (χ3n) is 6.94. The van der Waals surface area contributed by atoms with Crippen LogP contribution in [0.1, 0.15) is 49.8 Å². The van der Waals surface area contributed by atoms with Crippen LogP contribution in [0.3, 0.4) is 0 Å². The Bertz CT molecular complexity index is 1390. The van der Waals surface area contributed by atoms with Crippen molar-refractivity contribution in [1.29, 1.82) is 0 Å². The molecule has 220 valence electrons. The SMILES string of the molecule is CCCCNC(=O)[C@H](CC)N(Cc1ccc(C)cc1)C(=O)CN(c1ccc(C)cc1)S(=O)(=O)c1ccc(SC)cc1. The average Bonchev–Trinajstić information content (AvgIpc) is 2.97. The number of carbonyl (C=O) groups excluding carboxylic acids is 2. The summed E-state index contributed by atoms with van der Waals surface area (Å²) in [7, 11) is -4.09. The van der Waals surface area contributed by atoms with E-state index < -0.39 is 28.5 Å². The van der Waals surface area contributed by atoms with E-state index in [4.69, 9.17) is 0 Å². The Kier molecular flexibility index (Phi) is 11.8. The zero-order chi connectivity index (χ0) is 30.0. The number of sulfonamides is 1. The summed E-state index contributed by atoms with van der Waals surface area (Å²) in [5.74, 6) is -0.688. The van der Waals surface area contributed by atoms with Gasteiger partial charge in [0.05, 0.1) is 10.6 Å². The van der Waals surface area contributed by atoms with Gasteiger partial charge in [-0.3, -0.25) is 13.9 Å². The van der Waals surface area contributed by atoms with Gasteiger partial charge in [0, 0.05) is 18.0 Å². The molecule has 0 spiro atoms. The molecule has 0 fully saturated rings. The molecule has 0 heterocycles. The largest absolute Gasteiger partial charge is 0.354 e. The third-order valence-corrected chi connectivity index (χ3v) is 9.47. The maximum atomic E-state index is 14.1. The molecule has 1 N–H and O–H groups in total. The average molecular weight is 596 g/mol. The first-order valence-electron chi connectivity index (χ1n) is 14.0. The highest BCUT2D eigenvalue weighted by Gasteiger charge is 2.33. The Balaban J connectivity index is 2.02. The van der Waals surface area contributed by atoms with Crippen LogP contribution in [0.5, 0.6) is 0 Å². The van der Waals surface area contributed by atoms with Crippen LogP contribution in [0, 0.1) is 13.8 Å². The van der Waals surface area contributed by atoms with Gasteiger partial charge >= 0.3 is 0 Å². The number of nitrogens with zero attached hydrogens (tertiary/aromatic N) is 2. The number of hydrogen-bond acceptors (Lipinski definition) is 5. The van der Waals surface area contributed by atoms with Crippen molar-refractivity contribution in [1.82, 2.24) is 10.2 Å². The molecule has 0 aliphatic heterocycles. The van der Waals surface area contributed by atoms with Crippen molar-refractivity contribution >= 4 is 39.3 Å². The van der Waals surface area contributed by atoms with E-state index in [0.29, 0.717) is 18.7 Å². The standard InChI is InChI=1S/C32H41N3O4S2/c1-6-8-21-33-32(37)30(7-2)34(22-26-13-9-24(3)10-14-26)31(36)23-35(27-15-11-25(4)12-16-27)41(38,39)29-19-17-28(40-5)18-20-29/h9-20,30H,6-8,21-23H2,1-5H3,(H,33,37)/t30-/m0/s1. The second-order valence-corrected chi connectivity index (χ2v) is 12.8. The quantitative estimate of drug-likeness (QED) is 0.184. The van der Waals surface area contributed by atoms with Crippen molar-refractivity contribution in [3.05, 3.63) is 89.5 Å². The van der Waals surface area contributed by atoms with Crippen LogP contribution in [0.2, 0.25) is 0 Å². The van der Waals surface area contributed by atoms with Gasteiger partial charge in [-0.25, -0.2) is 8.42 Å². The molecule has 0 aliphatic carbocycles. The molecule has 0 bridgehead atoms. The molecule has 0 unspecified atom stereocenters. The summed E-state index contributed by atoms with van der Waals surface area (Å²) in [5, 5.41) is 2.96. The number of amides is 2. The maximum absolute atomic E-state index is 14.1. The van der Waals surface area contributed by atoms with Gasteiger partial charge in [-0.1, -0.05) is 67.8 Å². The first-order chi connectivity index (χ1) is 19.6. The van der Waals surface area contributed by atoms with Crippen molar-refractivity contribution in [3.8, 4) is 0 Å². The monoisotopic (exact) mass is 595 g/mol.